The maximum atomic E-state index is 13.7. The Bertz CT molecular complexity index is 1060. The van der Waals surface area contributed by atoms with Gasteiger partial charge in [0.15, 0.2) is 6.61 Å². The van der Waals surface area contributed by atoms with Gasteiger partial charge in [0.05, 0.1) is 10.3 Å². The molecule has 0 spiro atoms. The predicted molar refractivity (Wildman–Crippen MR) is 113 cm³/mol. The normalized spacial score (nSPS) is 15.6. The van der Waals surface area contributed by atoms with Crippen molar-refractivity contribution >= 4 is 27.6 Å². The molecule has 0 unspecified atom stereocenters. The summed E-state index contributed by atoms with van der Waals surface area (Å²) in [5, 5.41) is 2.57. The molecule has 0 heterocycles. The van der Waals surface area contributed by atoms with E-state index in [1.54, 1.807) is 12.1 Å². The van der Waals surface area contributed by atoms with Crippen LogP contribution in [0.1, 0.15) is 31.2 Å². The molecule has 1 aliphatic carbocycles. The molecule has 3 rings (SSSR count). The fraction of sp³-hybridized carbons (Fsp3) is 0.364. The van der Waals surface area contributed by atoms with Crippen LogP contribution in [0.2, 0.25) is 0 Å². The van der Waals surface area contributed by atoms with Crippen LogP contribution < -0.4 is 5.32 Å². The highest BCUT2D eigenvalue weighted by atomic mass is 32.2. The average molecular weight is 449 g/mol. The topological polar surface area (TPSA) is 92.8 Å². The minimum Gasteiger partial charge on any atom is -0.455 e. The van der Waals surface area contributed by atoms with Gasteiger partial charge < -0.3 is 10.1 Å². The SMILES string of the molecule is CN(C)S(=O)(=O)c1ccc(NC(=O)COC(=O)C2(c3cccc(F)c3)CCCC2)cc1. The zero-order chi connectivity index (χ0) is 22.6. The molecule has 0 atom stereocenters. The van der Waals surface area contributed by atoms with Crippen LogP contribution in [-0.4, -0.2) is 45.3 Å². The van der Waals surface area contributed by atoms with Crippen molar-refractivity contribution in [2.24, 2.45) is 0 Å². The van der Waals surface area contributed by atoms with Crippen molar-refractivity contribution in [3.8, 4) is 0 Å². The minimum atomic E-state index is -3.56. The zero-order valence-electron chi connectivity index (χ0n) is 17.4. The van der Waals surface area contributed by atoms with Crippen LogP contribution in [0.15, 0.2) is 53.4 Å². The Balaban J connectivity index is 1.63. The van der Waals surface area contributed by atoms with Crippen molar-refractivity contribution in [1.82, 2.24) is 4.31 Å². The Morgan fingerprint density at radius 2 is 1.74 bits per heavy atom. The molecule has 1 N–H and O–H groups in total. The number of sulfonamides is 1. The van der Waals surface area contributed by atoms with Crippen LogP contribution in [0.25, 0.3) is 0 Å². The number of nitrogens with one attached hydrogen (secondary N) is 1. The number of benzene rings is 2. The Kier molecular flexibility index (Phi) is 6.76. The molecule has 1 fully saturated rings. The van der Waals surface area contributed by atoms with Gasteiger partial charge in [0.1, 0.15) is 5.82 Å². The van der Waals surface area contributed by atoms with Gasteiger partial charge in [-0.15, -0.1) is 0 Å². The summed E-state index contributed by atoms with van der Waals surface area (Å²) in [5.41, 5.74) is -0.00235. The molecule has 7 nitrogen and oxygen atoms in total. The van der Waals surface area contributed by atoms with Crippen LogP contribution in [0.3, 0.4) is 0 Å². The quantitative estimate of drug-likeness (QED) is 0.657. The second-order valence-electron chi connectivity index (χ2n) is 7.74. The van der Waals surface area contributed by atoms with E-state index in [2.05, 4.69) is 5.32 Å². The summed E-state index contributed by atoms with van der Waals surface area (Å²) in [4.78, 5) is 25.2. The number of ether oxygens (including phenoxy) is 1. The number of halogens is 1. The zero-order valence-corrected chi connectivity index (χ0v) is 18.2. The summed E-state index contributed by atoms with van der Waals surface area (Å²) >= 11 is 0. The number of hydrogen-bond donors (Lipinski definition) is 1. The summed E-state index contributed by atoms with van der Waals surface area (Å²) in [7, 11) is -0.703. The Morgan fingerprint density at radius 1 is 1.10 bits per heavy atom. The molecule has 1 amide bonds. The molecule has 9 heteroatoms. The summed E-state index contributed by atoms with van der Waals surface area (Å²) in [6.07, 6.45) is 2.72. The van der Waals surface area contributed by atoms with Crippen molar-refractivity contribution in [2.75, 3.05) is 26.0 Å². The number of esters is 1. The first-order chi connectivity index (χ1) is 14.6. The number of carbonyl (C=O) groups is 2. The third-order valence-corrected chi connectivity index (χ3v) is 7.31. The lowest BCUT2D eigenvalue weighted by Crippen LogP contribution is -2.36. The molecule has 31 heavy (non-hydrogen) atoms. The Hall–Kier alpha value is -2.78. The molecule has 1 aliphatic rings. The molecule has 2 aromatic carbocycles. The predicted octanol–water partition coefficient (Wildman–Crippen LogP) is 3.07. The highest BCUT2D eigenvalue weighted by molar-refractivity contribution is 7.89. The standard InChI is InChI=1S/C22H25FN2O5S/c1-25(2)31(28,29)19-10-8-18(9-11-19)24-20(26)15-30-21(27)22(12-3-4-13-22)16-6-5-7-17(23)14-16/h5-11,14H,3-4,12-13,15H2,1-2H3,(H,24,26). The van der Waals surface area contributed by atoms with Gasteiger partial charge in [0, 0.05) is 19.8 Å². The first-order valence-corrected chi connectivity index (χ1v) is 11.3. The number of hydrogen-bond acceptors (Lipinski definition) is 5. The molecule has 0 radical (unpaired) electrons. The molecular weight excluding hydrogens is 423 g/mol. The van der Waals surface area contributed by atoms with Crippen molar-refractivity contribution in [2.45, 2.75) is 36.0 Å². The smallest absolute Gasteiger partial charge is 0.317 e. The minimum absolute atomic E-state index is 0.0974. The lowest BCUT2D eigenvalue weighted by molar-refractivity contribution is -0.153. The summed E-state index contributed by atoms with van der Waals surface area (Å²) in [6.45, 7) is -0.492. The molecule has 1 saturated carbocycles. The van der Waals surface area contributed by atoms with Crippen LogP contribution in [-0.2, 0) is 29.8 Å². The fourth-order valence-corrected chi connectivity index (χ4v) is 4.66. The Labute approximate surface area is 181 Å². The lowest BCUT2D eigenvalue weighted by atomic mass is 9.79. The van der Waals surface area contributed by atoms with Gasteiger partial charge in [-0.25, -0.2) is 17.1 Å². The lowest BCUT2D eigenvalue weighted by Gasteiger charge is -2.27. The first-order valence-electron chi connectivity index (χ1n) is 9.91. The number of nitrogens with zero attached hydrogens (tertiary/aromatic N) is 1. The van der Waals surface area contributed by atoms with Crippen LogP contribution in [0, 0.1) is 5.82 Å². The van der Waals surface area contributed by atoms with E-state index in [4.69, 9.17) is 4.74 Å². The average Bonchev–Trinajstić information content (AvgIpc) is 3.23. The van der Waals surface area contributed by atoms with E-state index >= 15 is 0 Å². The van der Waals surface area contributed by atoms with Crippen LogP contribution >= 0.6 is 0 Å². The number of anilines is 1. The van der Waals surface area contributed by atoms with E-state index < -0.39 is 39.7 Å². The molecule has 0 aromatic heterocycles. The van der Waals surface area contributed by atoms with Crippen molar-refractivity contribution in [1.29, 1.82) is 0 Å². The molecule has 0 bridgehead atoms. The van der Waals surface area contributed by atoms with Crippen molar-refractivity contribution in [3.63, 3.8) is 0 Å². The van der Waals surface area contributed by atoms with E-state index in [0.717, 1.165) is 17.1 Å². The second kappa shape index (κ2) is 9.15. The van der Waals surface area contributed by atoms with Crippen molar-refractivity contribution < 1.29 is 27.1 Å². The van der Waals surface area contributed by atoms with E-state index in [-0.39, 0.29) is 4.90 Å². The van der Waals surface area contributed by atoms with Gasteiger partial charge in [-0.3, -0.25) is 9.59 Å². The van der Waals surface area contributed by atoms with Gasteiger partial charge in [-0.05, 0) is 54.8 Å². The molecular formula is C22H25FN2O5S. The summed E-state index contributed by atoms with van der Waals surface area (Å²) in [6, 6.07) is 11.6. The van der Waals surface area contributed by atoms with Crippen LogP contribution in [0.5, 0.6) is 0 Å². The number of carbonyl (C=O) groups excluding carboxylic acids is 2. The molecule has 166 valence electrons. The summed E-state index contributed by atoms with van der Waals surface area (Å²) < 4.78 is 44.3. The molecule has 0 aliphatic heterocycles. The van der Waals surface area contributed by atoms with E-state index in [1.165, 1.54) is 50.5 Å². The maximum Gasteiger partial charge on any atom is 0.317 e. The van der Waals surface area contributed by atoms with Gasteiger partial charge in [0.25, 0.3) is 5.91 Å². The third kappa shape index (κ3) is 4.94. The second-order valence-corrected chi connectivity index (χ2v) is 9.89. The van der Waals surface area contributed by atoms with E-state index in [9.17, 15) is 22.4 Å². The van der Waals surface area contributed by atoms with Gasteiger partial charge >= 0.3 is 5.97 Å². The van der Waals surface area contributed by atoms with Crippen LogP contribution in [0.4, 0.5) is 10.1 Å². The summed E-state index contributed by atoms with van der Waals surface area (Å²) in [5.74, 6) is -1.52. The highest BCUT2D eigenvalue weighted by Crippen LogP contribution is 2.42. The fourth-order valence-electron chi connectivity index (χ4n) is 3.76. The highest BCUT2D eigenvalue weighted by Gasteiger charge is 2.44. The number of amides is 1. The largest absolute Gasteiger partial charge is 0.455 e. The van der Waals surface area contributed by atoms with Gasteiger partial charge in [0.2, 0.25) is 10.0 Å². The van der Waals surface area contributed by atoms with Gasteiger partial charge in [-0.2, -0.15) is 0 Å². The number of rotatable bonds is 7. The monoisotopic (exact) mass is 448 g/mol. The maximum absolute atomic E-state index is 13.7. The third-order valence-electron chi connectivity index (χ3n) is 5.48. The van der Waals surface area contributed by atoms with E-state index in [1.807, 2.05) is 0 Å². The van der Waals surface area contributed by atoms with Crippen molar-refractivity contribution in [3.05, 3.63) is 59.9 Å². The first kappa shape index (κ1) is 22.9. The van der Waals surface area contributed by atoms with Gasteiger partial charge in [-0.1, -0.05) is 25.0 Å². The molecule has 0 saturated heterocycles. The Morgan fingerprint density at radius 3 is 2.32 bits per heavy atom. The van der Waals surface area contributed by atoms with E-state index in [0.29, 0.717) is 24.1 Å². The molecule has 2 aromatic rings.